The van der Waals surface area contributed by atoms with Gasteiger partial charge in [-0.1, -0.05) is 86.7 Å². The summed E-state index contributed by atoms with van der Waals surface area (Å²) in [5.41, 5.74) is 0. The largest absolute Gasteiger partial charge is 1.00 e. The molecule has 0 atom stereocenters. The van der Waals surface area contributed by atoms with Crippen molar-refractivity contribution in [2.24, 2.45) is 0 Å². The number of fused-ring (bicyclic) bond motifs is 2. The Morgan fingerprint density at radius 2 is 1.06 bits per heavy atom. The van der Waals surface area contributed by atoms with E-state index in [1.165, 1.54) is 53.6 Å². The van der Waals surface area contributed by atoms with Crippen LogP contribution in [0.1, 0.15) is 45.4 Å². The van der Waals surface area contributed by atoms with E-state index in [-0.39, 0.29) is 50.7 Å². The van der Waals surface area contributed by atoms with Gasteiger partial charge in [0.05, 0.1) is 10.2 Å². The zero-order chi connectivity index (χ0) is 23.6. The van der Waals surface area contributed by atoms with Crippen LogP contribution in [0.15, 0.2) is 115 Å². The number of halogens is 2. The zero-order valence-corrected chi connectivity index (χ0v) is 27.3. The number of benzene rings is 3. The molecule has 0 spiro atoms. The molecule has 36 heavy (non-hydrogen) atoms. The summed E-state index contributed by atoms with van der Waals surface area (Å²) in [6.45, 7) is 6.02. The summed E-state index contributed by atoms with van der Waals surface area (Å²) in [6, 6.07) is 39.3. The van der Waals surface area contributed by atoms with E-state index >= 15 is 0 Å². The van der Waals surface area contributed by atoms with Crippen molar-refractivity contribution in [3.05, 3.63) is 122 Å². The molecule has 0 saturated carbocycles. The summed E-state index contributed by atoms with van der Waals surface area (Å²) in [5, 5.41) is 6.45. The van der Waals surface area contributed by atoms with Gasteiger partial charge < -0.3 is 31.7 Å². The van der Waals surface area contributed by atoms with Crippen molar-refractivity contribution in [2.45, 2.75) is 45.4 Å². The standard InChI is InChI=1S/2C9H7.C8H17.C6H5Si.2ClH.Hf/c2*1-2-5-9-7-3-6-8(9)4-1;1-3-5-7-8-6-4-2;7-6-4-2-1-3-5-6;;;/h2*1-7H;1,3-8H2,2H3;1-5H;2*1H;/q3*-1;;;;/p-2. The smallest absolute Gasteiger partial charge is 0.0711 e. The van der Waals surface area contributed by atoms with Crippen LogP contribution in [0.4, 0.5) is 0 Å². The molecule has 0 aliphatic heterocycles. The topological polar surface area (TPSA) is 0 Å². The first-order chi connectivity index (χ1) is 16.2. The minimum Gasteiger partial charge on any atom is -1.00 e. The van der Waals surface area contributed by atoms with Gasteiger partial charge in [-0.25, -0.2) is 0 Å². The molecular weight excluding hydrogens is 662 g/mol. The summed E-state index contributed by atoms with van der Waals surface area (Å²) < 4.78 is 0. The molecule has 0 N–H and O–H groups in total. The van der Waals surface area contributed by atoms with Gasteiger partial charge in [0.15, 0.2) is 0 Å². The fourth-order valence-corrected chi connectivity index (χ4v) is 3.55. The minimum absolute atomic E-state index is 0. The van der Waals surface area contributed by atoms with Gasteiger partial charge in [0.1, 0.15) is 0 Å². The van der Waals surface area contributed by atoms with Gasteiger partial charge in [0, 0.05) is 25.8 Å². The Kier molecular flexibility index (Phi) is 24.4. The molecule has 0 saturated heterocycles. The first-order valence-corrected chi connectivity index (χ1v) is 12.5. The van der Waals surface area contributed by atoms with E-state index in [4.69, 9.17) is 0 Å². The van der Waals surface area contributed by atoms with Crippen molar-refractivity contribution < 1.29 is 50.7 Å². The third kappa shape index (κ3) is 15.6. The summed E-state index contributed by atoms with van der Waals surface area (Å²) in [6.07, 6.45) is 7.98. The predicted molar refractivity (Wildman–Crippen MR) is 150 cm³/mol. The Morgan fingerprint density at radius 1 is 0.611 bits per heavy atom. The molecule has 0 bridgehead atoms. The molecule has 5 rings (SSSR count). The fraction of sp³-hybridized carbons (Fsp3) is 0.219. The van der Waals surface area contributed by atoms with E-state index in [9.17, 15) is 0 Å². The predicted octanol–water partition coefficient (Wildman–Crippen LogP) is 2.78. The number of rotatable bonds is 5. The van der Waals surface area contributed by atoms with Crippen molar-refractivity contribution in [2.75, 3.05) is 0 Å². The van der Waals surface area contributed by atoms with Crippen LogP contribution < -0.4 is 30.0 Å². The normalized spacial score (nSPS) is 8.97. The van der Waals surface area contributed by atoms with Gasteiger partial charge in [-0.3, -0.25) is 0 Å². The van der Waals surface area contributed by atoms with E-state index in [1.807, 2.05) is 30.3 Å². The molecule has 0 unspecified atom stereocenters. The van der Waals surface area contributed by atoms with Crippen molar-refractivity contribution in [3.63, 3.8) is 0 Å². The van der Waals surface area contributed by atoms with Crippen molar-refractivity contribution in [1.82, 2.24) is 0 Å². The molecular formula is C32H36Cl2HfSi-5. The second kappa shape index (κ2) is 23.9. The first-order valence-electron chi connectivity index (χ1n) is 12.0. The number of hydrogen-bond acceptors (Lipinski definition) is 0. The van der Waals surface area contributed by atoms with E-state index in [1.54, 1.807) is 0 Å². The average molecular weight is 698 g/mol. The van der Waals surface area contributed by atoms with Gasteiger partial charge in [-0.15, -0.1) is 59.3 Å². The summed E-state index contributed by atoms with van der Waals surface area (Å²) in [5.74, 6) is 0. The van der Waals surface area contributed by atoms with Gasteiger partial charge in [0.2, 0.25) is 0 Å². The second-order valence-corrected chi connectivity index (χ2v) is 8.52. The average Bonchev–Trinajstić information content (AvgIpc) is 3.53. The molecule has 3 radical (unpaired) electrons. The molecule has 0 aliphatic carbocycles. The van der Waals surface area contributed by atoms with Gasteiger partial charge in [-0.05, 0) is 0 Å². The van der Waals surface area contributed by atoms with Crippen LogP contribution in [-0.4, -0.2) is 10.2 Å². The maximum Gasteiger partial charge on any atom is 0.0711 e. The van der Waals surface area contributed by atoms with Gasteiger partial charge in [-0.2, -0.15) is 41.5 Å². The summed E-state index contributed by atoms with van der Waals surface area (Å²) >= 11 is 0. The van der Waals surface area contributed by atoms with Crippen LogP contribution in [0.5, 0.6) is 0 Å². The molecule has 5 aromatic rings. The van der Waals surface area contributed by atoms with Crippen molar-refractivity contribution in [3.8, 4) is 0 Å². The Bertz CT molecular complexity index is 986. The van der Waals surface area contributed by atoms with Crippen LogP contribution in [0, 0.1) is 6.92 Å². The van der Waals surface area contributed by atoms with E-state index < -0.39 is 0 Å². The zero-order valence-electron chi connectivity index (χ0n) is 21.2. The van der Waals surface area contributed by atoms with Crippen LogP contribution in [-0.2, 0) is 25.8 Å². The summed E-state index contributed by atoms with van der Waals surface area (Å²) in [4.78, 5) is 0. The molecule has 0 amide bonds. The molecule has 0 fully saturated rings. The molecule has 4 heteroatoms. The van der Waals surface area contributed by atoms with Crippen LogP contribution in [0.2, 0.25) is 0 Å². The van der Waals surface area contributed by atoms with Gasteiger partial charge in [0.25, 0.3) is 0 Å². The number of hydrogen-bond donors (Lipinski definition) is 0. The van der Waals surface area contributed by atoms with Gasteiger partial charge >= 0.3 is 0 Å². The Hall–Kier alpha value is -1.45. The maximum absolute atomic E-state index is 3.78. The molecule has 0 nitrogen and oxygen atoms in total. The quantitative estimate of drug-likeness (QED) is 0.151. The SMILES string of the molecule is [CH2-]CCCCCCC.[Cl-].[Cl-].[Hf].[Si]c1ccccc1.c1ccc2[cH-]ccc2c1.c1ccc2[cH-]ccc2c1. The van der Waals surface area contributed by atoms with Crippen LogP contribution in [0.25, 0.3) is 21.5 Å². The molecule has 0 heterocycles. The molecule has 0 aliphatic rings. The van der Waals surface area contributed by atoms with E-state index in [2.05, 4.69) is 109 Å². The van der Waals surface area contributed by atoms with E-state index in [0.29, 0.717) is 0 Å². The minimum atomic E-state index is 0. The molecule has 0 aromatic heterocycles. The van der Waals surface area contributed by atoms with E-state index in [0.717, 1.165) is 11.6 Å². The number of unbranched alkanes of at least 4 members (excludes halogenated alkanes) is 5. The van der Waals surface area contributed by atoms with Crippen molar-refractivity contribution >= 4 is 37.0 Å². The Labute approximate surface area is 253 Å². The maximum atomic E-state index is 3.78. The second-order valence-electron chi connectivity index (χ2n) is 7.94. The molecule has 191 valence electrons. The Morgan fingerprint density at radius 3 is 1.44 bits per heavy atom. The third-order valence-corrected chi connectivity index (χ3v) is 5.56. The fourth-order valence-electron chi connectivity index (χ4n) is 3.36. The monoisotopic (exact) mass is 698 g/mol. The van der Waals surface area contributed by atoms with Crippen molar-refractivity contribution in [1.29, 1.82) is 0 Å². The third-order valence-electron chi connectivity index (χ3n) is 5.22. The first kappa shape index (κ1) is 36.7. The Balaban J connectivity index is 0. The van der Waals surface area contributed by atoms with Crippen LogP contribution >= 0.6 is 0 Å². The summed E-state index contributed by atoms with van der Waals surface area (Å²) in [7, 11) is 3.36. The van der Waals surface area contributed by atoms with Crippen LogP contribution in [0.3, 0.4) is 0 Å². The molecule has 5 aromatic carbocycles.